The molecule has 0 unspecified atom stereocenters. The van der Waals surface area contributed by atoms with E-state index in [4.69, 9.17) is 5.84 Å². The van der Waals surface area contributed by atoms with E-state index in [-0.39, 0.29) is 0 Å². The number of rotatable bonds is 2. The van der Waals surface area contributed by atoms with Crippen LogP contribution in [-0.2, 0) is 0 Å². The molecule has 0 amide bonds. The number of aryl methyl sites for hydroxylation is 3. The second-order valence-electron chi connectivity index (χ2n) is 4.63. The van der Waals surface area contributed by atoms with Crippen molar-refractivity contribution < 1.29 is 0 Å². The highest BCUT2D eigenvalue weighted by atomic mass is 15.3. The third-order valence-corrected chi connectivity index (χ3v) is 2.91. The first-order valence-corrected chi connectivity index (χ1v) is 5.74. The van der Waals surface area contributed by atoms with E-state index < -0.39 is 0 Å². The van der Waals surface area contributed by atoms with E-state index in [0.717, 1.165) is 11.4 Å². The Morgan fingerprint density at radius 3 is 2.25 bits per heavy atom. The first-order chi connectivity index (χ1) is 7.61. The fourth-order valence-electron chi connectivity index (χ4n) is 2.11. The third kappa shape index (κ3) is 2.25. The second kappa shape index (κ2) is 4.26. The minimum atomic E-state index is 0.478. The molecule has 1 aliphatic carbocycles. The molecule has 1 aromatic carbocycles. The van der Waals surface area contributed by atoms with Gasteiger partial charge in [-0.15, -0.1) is 0 Å². The maximum atomic E-state index is 5.58. The van der Waals surface area contributed by atoms with Gasteiger partial charge in [0.25, 0.3) is 0 Å². The average Bonchev–Trinajstić information content (AvgIpc) is 2.98. The van der Waals surface area contributed by atoms with Gasteiger partial charge in [-0.3, -0.25) is 4.99 Å². The summed E-state index contributed by atoms with van der Waals surface area (Å²) in [5.74, 6) is 6.41. The lowest BCUT2D eigenvalue weighted by molar-refractivity contribution is 0.966. The van der Waals surface area contributed by atoms with Gasteiger partial charge in [0.05, 0.1) is 6.04 Å². The highest BCUT2D eigenvalue weighted by Gasteiger charge is 2.22. The molecule has 0 heterocycles. The second-order valence-corrected chi connectivity index (χ2v) is 4.63. The molecule has 0 aliphatic heterocycles. The molecule has 0 radical (unpaired) electrons. The molecule has 0 atom stereocenters. The van der Waals surface area contributed by atoms with E-state index >= 15 is 0 Å². The van der Waals surface area contributed by atoms with Gasteiger partial charge in [-0.1, -0.05) is 17.7 Å². The summed E-state index contributed by atoms with van der Waals surface area (Å²) < 4.78 is 0. The molecule has 0 saturated heterocycles. The molecule has 1 fully saturated rings. The molecule has 16 heavy (non-hydrogen) atoms. The van der Waals surface area contributed by atoms with Crippen LogP contribution in [0.25, 0.3) is 0 Å². The monoisotopic (exact) mass is 217 g/mol. The largest absolute Gasteiger partial charge is 0.308 e. The normalized spacial score (nSPS) is 16.4. The molecular formula is C13H19N3. The predicted molar refractivity (Wildman–Crippen MR) is 67.5 cm³/mol. The van der Waals surface area contributed by atoms with E-state index in [2.05, 4.69) is 43.3 Å². The Morgan fingerprint density at radius 2 is 1.81 bits per heavy atom. The molecule has 3 heteroatoms. The van der Waals surface area contributed by atoms with Gasteiger partial charge in [0.2, 0.25) is 0 Å². The number of benzene rings is 1. The third-order valence-electron chi connectivity index (χ3n) is 2.91. The van der Waals surface area contributed by atoms with Crippen molar-refractivity contribution in [3.63, 3.8) is 0 Å². The SMILES string of the molecule is Cc1cc(C)c(C(=NC2CC2)NN)c(C)c1. The summed E-state index contributed by atoms with van der Waals surface area (Å²) in [6.45, 7) is 6.32. The van der Waals surface area contributed by atoms with Gasteiger partial charge in [-0.25, -0.2) is 5.84 Å². The molecule has 0 bridgehead atoms. The van der Waals surface area contributed by atoms with E-state index in [1.807, 2.05) is 0 Å². The van der Waals surface area contributed by atoms with Crippen molar-refractivity contribution in [2.45, 2.75) is 39.7 Å². The lowest BCUT2D eigenvalue weighted by Gasteiger charge is -2.13. The van der Waals surface area contributed by atoms with E-state index in [0.29, 0.717) is 6.04 Å². The molecular weight excluding hydrogens is 198 g/mol. The summed E-state index contributed by atoms with van der Waals surface area (Å²) in [5, 5.41) is 0. The Hall–Kier alpha value is -1.35. The molecule has 0 aromatic heterocycles. The van der Waals surface area contributed by atoms with Crippen LogP contribution in [0.4, 0.5) is 0 Å². The quantitative estimate of drug-likeness (QED) is 0.344. The van der Waals surface area contributed by atoms with Crippen molar-refractivity contribution in [2.75, 3.05) is 0 Å². The van der Waals surface area contributed by atoms with Crippen molar-refractivity contribution in [1.29, 1.82) is 0 Å². The topological polar surface area (TPSA) is 50.4 Å². The van der Waals surface area contributed by atoms with Crippen molar-refractivity contribution in [1.82, 2.24) is 5.43 Å². The summed E-state index contributed by atoms with van der Waals surface area (Å²) in [5.41, 5.74) is 7.64. The van der Waals surface area contributed by atoms with E-state index in [9.17, 15) is 0 Å². The summed E-state index contributed by atoms with van der Waals surface area (Å²) in [7, 11) is 0. The van der Waals surface area contributed by atoms with Crippen molar-refractivity contribution in [3.05, 3.63) is 34.4 Å². The van der Waals surface area contributed by atoms with Crippen LogP contribution < -0.4 is 11.3 Å². The smallest absolute Gasteiger partial charge is 0.143 e. The van der Waals surface area contributed by atoms with Crippen LogP contribution in [0.15, 0.2) is 17.1 Å². The van der Waals surface area contributed by atoms with Gasteiger partial charge in [-0.05, 0) is 44.7 Å². The number of nitrogens with one attached hydrogen (secondary N) is 1. The summed E-state index contributed by atoms with van der Waals surface area (Å²) in [6.07, 6.45) is 2.38. The summed E-state index contributed by atoms with van der Waals surface area (Å²) in [4.78, 5) is 4.61. The maximum absolute atomic E-state index is 5.58. The fourth-order valence-corrected chi connectivity index (χ4v) is 2.11. The van der Waals surface area contributed by atoms with Crippen molar-refractivity contribution in [2.24, 2.45) is 10.8 Å². The zero-order valence-corrected chi connectivity index (χ0v) is 10.2. The lowest BCUT2D eigenvalue weighted by Crippen LogP contribution is -2.32. The number of hydrogen-bond donors (Lipinski definition) is 2. The summed E-state index contributed by atoms with van der Waals surface area (Å²) in [6, 6.07) is 4.82. The first kappa shape index (κ1) is 11.1. The minimum Gasteiger partial charge on any atom is -0.308 e. The van der Waals surface area contributed by atoms with Crippen molar-refractivity contribution >= 4 is 5.84 Å². The lowest BCUT2D eigenvalue weighted by atomic mass is 9.99. The standard InChI is InChI=1S/C13H19N3/c1-8-6-9(2)12(10(3)7-8)13(16-14)15-11-4-5-11/h6-7,11H,4-5,14H2,1-3H3,(H,15,16). The number of hydrazine groups is 1. The average molecular weight is 217 g/mol. The van der Waals surface area contributed by atoms with Gasteiger partial charge in [0, 0.05) is 5.56 Å². The highest BCUT2D eigenvalue weighted by molar-refractivity contribution is 6.01. The molecule has 0 spiro atoms. The number of hydrogen-bond acceptors (Lipinski definition) is 2. The van der Waals surface area contributed by atoms with Gasteiger partial charge >= 0.3 is 0 Å². The minimum absolute atomic E-state index is 0.478. The van der Waals surface area contributed by atoms with E-state index in [1.165, 1.54) is 29.5 Å². The van der Waals surface area contributed by atoms with Crippen LogP contribution in [0.1, 0.15) is 35.1 Å². The van der Waals surface area contributed by atoms with Crippen molar-refractivity contribution in [3.8, 4) is 0 Å². The Balaban J connectivity index is 2.44. The number of amidine groups is 1. The molecule has 1 aromatic rings. The molecule has 2 rings (SSSR count). The zero-order chi connectivity index (χ0) is 11.7. The Kier molecular flexibility index (Phi) is 2.97. The summed E-state index contributed by atoms with van der Waals surface area (Å²) >= 11 is 0. The van der Waals surface area contributed by atoms with Crippen LogP contribution in [0, 0.1) is 20.8 Å². The highest BCUT2D eigenvalue weighted by Crippen LogP contribution is 2.25. The first-order valence-electron chi connectivity index (χ1n) is 5.74. The van der Waals surface area contributed by atoms with Gasteiger partial charge in [-0.2, -0.15) is 0 Å². The van der Waals surface area contributed by atoms with Crippen LogP contribution in [0.3, 0.4) is 0 Å². The van der Waals surface area contributed by atoms with Gasteiger partial charge in [0.15, 0.2) is 0 Å². The number of aliphatic imine (C=N–C) groups is 1. The molecule has 1 aliphatic rings. The van der Waals surface area contributed by atoms with Gasteiger partial charge < -0.3 is 5.43 Å². The molecule has 86 valence electrons. The van der Waals surface area contributed by atoms with Crippen LogP contribution in [-0.4, -0.2) is 11.9 Å². The predicted octanol–water partition coefficient (Wildman–Crippen LogP) is 1.98. The molecule has 3 nitrogen and oxygen atoms in total. The molecule has 1 saturated carbocycles. The van der Waals surface area contributed by atoms with Crippen LogP contribution in [0.5, 0.6) is 0 Å². The Labute approximate surface area is 96.7 Å². The van der Waals surface area contributed by atoms with Crippen LogP contribution in [0.2, 0.25) is 0 Å². The molecule has 3 N–H and O–H groups in total. The number of nitrogens with two attached hydrogens (primary N) is 1. The Bertz CT molecular complexity index is 408. The van der Waals surface area contributed by atoms with Crippen LogP contribution >= 0.6 is 0 Å². The number of nitrogens with zero attached hydrogens (tertiary/aromatic N) is 1. The maximum Gasteiger partial charge on any atom is 0.143 e. The Morgan fingerprint density at radius 1 is 1.25 bits per heavy atom. The van der Waals surface area contributed by atoms with E-state index in [1.54, 1.807) is 0 Å². The van der Waals surface area contributed by atoms with Gasteiger partial charge in [0.1, 0.15) is 5.84 Å². The zero-order valence-electron chi connectivity index (χ0n) is 10.2. The fraction of sp³-hybridized carbons (Fsp3) is 0.462.